The lowest BCUT2D eigenvalue weighted by Gasteiger charge is -2.33. The third-order valence-corrected chi connectivity index (χ3v) is 4.36. The highest BCUT2D eigenvalue weighted by atomic mass is 35.5. The molecule has 0 saturated carbocycles. The van der Waals surface area contributed by atoms with Crippen LogP contribution in [-0.4, -0.2) is 17.6 Å². The zero-order chi connectivity index (χ0) is 13.4. The van der Waals surface area contributed by atoms with Crippen LogP contribution in [0.4, 0.5) is 0 Å². The van der Waals surface area contributed by atoms with Gasteiger partial charge in [-0.1, -0.05) is 23.2 Å². The number of hydrogen-bond acceptors (Lipinski definition) is 3. The zero-order valence-corrected chi connectivity index (χ0v) is 11.8. The Labute approximate surface area is 122 Å². The second kappa shape index (κ2) is 4.96. The Hall–Kier alpha value is -1.37. The molecule has 1 aromatic carbocycles. The Bertz CT molecular complexity index is 589. The number of nitrogens with one attached hydrogen (secondary N) is 1. The first-order valence-electron chi connectivity index (χ1n) is 6.26. The first-order chi connectivity index (χ1) is 9.19. The van der Waals surface area contributed by atoms with Gasteiger partial charge in [-0.3, -0.25) is 0 Å². The van der Waals surface area contributed by atoms with Crippen molar-refractivity contribution in [1.82, 2.24) is 10.2 Å². The largest absolute Gasteiger partial charge is 0.371 e. The van der Waals surface area contributed by atoms with E-state index in [0.29, 0.717) is 23.4 Å². The molecule has 3 rings (SSSR count). The summed E-state index contributed by atoms with van der Waals surface area (Å²) < 4.78 is 0. The van der Waals surface area contributed by atoms with Gasteiger partial charge >= 0.3 is 0 Å². The molecule has 0 fully saturated rings. The number of hydrogen-bond donors (Lipinski definition) is 1. The molecule has 0 amide bonds. The summed E-state index contributed by atoms with van der Waals surface area (Å²) in [6, 6.07) is 6.37. The van der Waals surface area contributed by atoms with Crippen LogP contribution in [0, 0.1) is 11.3 Å². The quantitative estimate of drug-likeness (QED) is 0.865. The number of rotatable bonds is 1. The first kappa shape index (κ1) is 12.7. The van der Waals surface area contributed by atoms with Crippen LogP contribution in [0.2, 0.25) is 10.0 Å². The lowest BCUT2D eigenvalue weighted by Crippen LogP contribution is -2.38. The summed E-state index contributed by atoms with van der Waals surface area (Å²) in [6.45, 7) is 0.706. The van der Waals surface area contributed by atoms with Gasteiger partial charge in [0.15, 0.2) is 0 Å². The van der Waals surface area contributed by atoms with Crippen molar-refractivity contribution in [2.75, 3.05) is 6.67 Å². The minimum absolute atomic E-state index is 0.336. The summed E-state index contributed by atoms with van der Waals surface area (Å²) in [7, 11) is 0. The van der Waals surface area contributed by atoms with Gasteiger partial charge in [-0.25, -0.2) is 0 Å². The predicted molar refractivity (Wildman–Crippen MR) is 75.8 cm³/mol. The van der Waals surface area contributed by atoms with Gasteiger partial charge in [0.05, 0.1) is 6.67 Å². The molecule has 1 heterocycles. The lowest BCUT2D eigenvalue weighted by atomic mass is 9.87. The molecule has 0 saturated heterocycles. The summed E-state index contributed by atoms with van der Waals surface area (Å²) in [5.74, 6) is 0. The van der Waals surface area contributed by atoms with E-state index < -0.39 is 0 Å². The van der Waals surface area contributed by atoms with Crippen LogP contribution in [0.1, 0.15) is 17.5 Å². The van der Waals surface area contributed by atoms with E-state index in [9.17, 15) is 0 Å². The third-order valence-electron chi connectivity index (χ3n) is 3.80. The minimum Gasteiger partial charge on any atom is -0.371 e. The standard InChI is InChI=1S/C14H13Cl2N3/c15-10-3-9-4-11(1-2-13(9)14(16)5-10)19-8-18-7-12(19)6-17/h3,5,7,11,18H,1-2,4,8H2/t11-/m0/s1. The van der Waals surface area contributed by atoms with Gasteiger partial charge in [0.25, 0.3) is 0 Å². The van der Waals surface area contributed by atoms with Crippen LogP contribution < -0.4 is 5.32 Å². The molecule has 1 aromatic rings. The van der Waals surface area contributed by atoms with Crippen LogP contribution in [0.5, 0.6) is 0 Å². The fourth-order valence-electron chi connectivity index (χ4n) is 2.88. The molecule has 98 valence electrons. The van der Waals surface area contributed by atoms with E-state index >= 15 is 0 Å². The van der Waals surface area contributed by atoms with Gasteiger partial charge in [-0.2, -0.15) is 5.26 Å². The Kier molecular flexibility index (Phi) is 3.30. The summed E-state index contributed by atoms with van der Waals surface area (Å²) in [4.78, 5) is 2.12. The molecule has 2 aliphatic rings. The van der Waals surface area contributed by atoms with Crippen molar-refractivity contribution in [3.8, 4) is 6.07 Å². The van der Waals surface area contributed by atoms with E-state index in [2.05, 4.69) is 16.3 Å². The van der Waals surface area contributed by atoms with Crippen LogP contribution >= 0.6 is 23.2 Å². The highest BCUT2D eigenvalue weighted by Gasteiger charge is 2.28. The molecule has 1 atom stereocenters. The molecule has 19 heavy (non-hydrogen) atoms. The third kappa shape index (κ3) is 2.27. The van der Waals surface area contributed by atoms with Crippen molar-refractivity contribution < 1.29 is 0 Å². The summed E-state index contributed by atoms with van der Waals surface area (Å²) in [6.07, 6.45) is 4.61. The molecule has 0 spiro atoms. The van der Waals surface area contributed by atoms with Crippen molar-refractivity contribution in [2.45, 2.75) is 25.3 Å². The Morgan fingerprint density at radius 2 is 2.21 bits per heavy atom. The number of halogens is 2. The lowest BCUT2D eigenvalue weighted by molar-refractivity contribution is 0.251. The van der Waals surface area contributed by atoms with Gasteiger partial charge < -0.3 is 10.2 Å². The average molecular weight is 294 g/mol. The normalized spacial score (nSPS) is 21.4. The van der Waals surface area contributed by atoms with Crippen molar-refractivity contribution in [2.24, 2.45) is 0 Å². The summed E-state index contributed by atoms with van der Waals surface area (Å²) in [5.41, 5.74) is 3.12. The Morgan fingerprint density at radius 3 is 3.00 bits per heavy atom. The van der Waals surface area contributed by atoms with E-state index in [0.717, 1.165) is 24.3 Å². The maximum absolute atomic E-state index is 9.11. The molecule has 0 unspecified atom stereocenters. The van der Waals surface area contributed by atoms with Crippen LogP contribution in [0.3, 0.4) is 0 Å². The fraction of sp³-hybridized carbons (Fsp3) is 0.357. The van der Waals surface area contributed by atoms with Crippen LogP contribution in [0.25, 0.3) is 0 Å². The van der Waals surface area contributed by atoms with E-state index in [-0.39, 0.29) is 0 Å². The van der Waals surface area contributed by atoms with Crippen LogP contribution in [-0.2, 0) is 12.8 Å². The van der Waals surface area contributed by atoms with E-state index in [1.54, 1.807) is 12.3 Å². The van der Waals surface area contributed by atoms with Gasteiger partial charge in [-0.15, -0.1) is 0 Å². The van der Waals surface area contributed by atoms with Crippen LogP contribution in [0.15, 0.2) is 24.0 Å². The molecular formula is C14H13Cl2N3. The molecule has 0 aromatic heterocycles. The highest BCUT2D eigenvalue weighted by molar-refractivity contribution is 6.35. The molecule has 3 nitrogen and oxygen atoms in total. The Balaban J connectivity index is 1.87. The van der Waals surface area contributed by atoms with Gasteiger partial charge in [0.2, 0.25) is 0 Å². The van der Waals surface area contributed by atoms with Gasteiger partial charge in [0, 0.05) is 22.3 Å². The molecular weight excluding hydrogens is 281 g/mol. The molecule has 0 radical (unpaired) electrons. The molecule has 0 bridgehead atoms. The maximum atomic E-state index is 9.11. The molecule has 1 aliphatic heterocycles. The SMILES string of the molecule is N#CC1=CNCN1[C@H]1CCc2c(Cl)cc(Cl)cc2C1. The minimum atomic E-state index is 0.336. The Morgan fingerprint density at radius 1 is 1.37 bits per heavy atom. The van der Waals surface area contributed by atoms with Gasteiger partial charge in [-0.05, 0) is 42.5 Å². The maximum Gasteiger partial charge on any atom is 0.133 e. The fourth-order valence-corrected chi connectivity index (χ4v) is 3.51. The summed E-state index contributed by atoms with van der Waals surface area (Å²) >= 11 is 12.3. The highest BCUT2D eigenvalue weighted by Crippen LogP contribution is 2.33. The second-order valence-electron chi connectivity index (χ2n) is 4.90. The van der Waals surface area contributed by atoms with Crippen molar-refractivity contribution >= 4 is 23.2 Å². The predicted octanol–water partition coefficient (Wildman–Crippen LogP) is 3.08. The number of nitriles is 1. The average Bonchev–Trinajstić information content (AvgIpc) is 2.86. The number of nitrogens with zero attached hydrogens (tertiary/aromatic N) is 2. The van der Waals surface area contributed by atoms with E-state index in [1.807, 2.05) is 6.07 Å². The van der Waals surface area contributed by atoms with Crippen molar-refractivity contribution in [1.29, 1.82) is 5.26 Å². The topological polar surface area (TPSA) is 39.1 Å². The van der Waals surface area contributed by atoms with Gasteiger partial charge in [0.1, 0.15) is 11.8 Å². The number of benzene rings is 1. The van der Waals surface area contributed by atoms with E-state index in [1.165, 1.54) is 11.1 Å². The zero-order valence-electron chi connectivity index (χ0n) is 10.3. The van der Waals surface area contributed by atoms with Crippen molar-refractivity contribution in [3.63, 3.8) is 0 Å². The van der Waals surface area contributed by atoms with Crippen molar-refractivity contribution in [3.05, 3.63) is 45.2 Å². The first-order valence-corrected chi connectivity index (χ1v) is 7.01. The number of allylic oxidation sites excluding steroid dienone is 1. The van der Waals surface area contributed by atoms with E-state index in [4.69, 9.17) is 28.5 Å². The summed E-state index contributed by atoms with van der Waals surface area (Å²) in [5, 5.41) is 13.7. The monoisotopic (exact) mass is 293 g/mol. The molecule has 1 aliphatic carbocycles. The molecule has 5 heteroatoms. The smallest absolute Gasteiger partial charge is 0.133 e. The second-order valence-corrected chi connectivity index (χ2v) is 5.74. The number of fused-ring (bicyclic) bond motifs is 1. The molecule has 1 N–H and O–H groups in total.